The normalized spacial score (nSPS) is 18.4. The lowest BCUT2D eigenvalue weighted by Gasteiger charge is -2.27. The summed E-state index contributed by atoms with van der Waals surface area (Å²) in [6.45, 7) is 4.52. The number of halogens is 3. The molecule has 4 rings (SSSR count). The molecule has 0 bridgehead atoms. The molecular formula is C20H23F3N4O2. The Morgan fingerprint density at radius 2 is 1.72 bits per heavy atom. The highest BCUT2D eigenvalue weighted by atomic mass is 19.4. The summed E-state index contributed by atoms with van der Waals surface area (Å²) in [6, 6.07) is 5.26. The Bertz CT molecular complexity index is 905. The molecule has 1 saturated heterocycles. The van der Waals surface area contributed by atoms with Crippen molar-refractivity contribution in [3.8, 4) is 0 Å². The van der Waals surface area contributed by atoms with Crippen LogP contribution in [0.15, 0.2) is 29.1 Å². The Hall–Kier alpha value is -2.39. The van der Waals surface area contributed by atoms with Crippen LogP contribution in [0.1, 0.15) is 22.4 Å². The molecule has 0 aliphatic carbocycles. The highest BCUT2D eigenvalue weighted by molar-refractivity contribution is 5.34. The Labute approximate surface area is 166 Å². The van der Waals surface area contributed by atoms with E-state index >= 15 is 0 Å². The highest BCUT2D eigenvalue weighted by Crippen LogP contribution is 2.29. The van der Waals surface area contributed by atoms with Crippen LogP contribution in [-0.2, 0) is 30.3 Å². The van der Waals surface area contributed by atoms with Crippen LogP contribution < -0.4 is 10.5 Å². The zero-order valence-corrected chi connectivity index (χ0v) is 16.0. The van der Waals surface area contributed by atoms with Crippen LogP contribution in [0, 0.1) is 0 Å². The molecule has 0 radical (unpaired) electrons. The predicted octanol–water partition coefficient (Wildman–Crippen LogP) is 2.23. The minimum absolute atomic E-state index is 0.104. The second-order valence-electron chi connectivity index (χ2n) is 7.39. The quantitative estimate of drug-likeness (QED) is 0.844. The third-order valence-corrected chi connectivity index (χ3v) is 5.43. The number of fused-ring (bicyclic) bond motifs is 1. The number of alkyl halides is 3. The number of aromatic amines is 1. The number of ether oxygens (including phenoxy) is 1. The van der Waals surface area contributed by atoms with E-state index in [2.05, 4.69) is 9.88 Å². The molecule has 0 amide bonds. The largest absolute Gasteiger partial charge is 0.416 e. The van der Waals surface area contributed by atoms with E-state index in [1.807, 2.05) is 4.90 Å². The molecule has 1 N–H and O–H groups in total. The second kappa shape index (κ2) is 8.16. The van der Waals surface area contributed by atoms with Gasteiger partial charge in [0.2, 0.25) is 5.95 Å². The molecule has 156 valence electrons. The van der Waals surface area contributed by atoms with Gasteiger partial charge in [0, 0.05) is 44.7 Å². The Morgan fingerprint density at radius 3 is 2.41 bits per heavy atom. The van der Waals surface area contributed by atoms with Gasteiger partial charge in [-0.3, -0.25) is 14.7 Å². The fourth-order valence-corrected chi connectivity index (χ4v) is 3.78. The molecule has 1 aromatic heterocycles. The molecule has 0 unspecified atom stereocenters. The van der Waals surface area contributed by atoms with Crippen molar-refractivity contribution < 1.29 is 17.9 Å². The molecule has 1 fully saturated rings. The number of benzene rings is 1. The van der Waals surface area contributed by atoms with Crippen LogP contribution in [0.5, 0.6) is 0 Å². The number of nitrogens with one attached hydrogen (secondary N) is 1. The lowest BCUT2D eigenvalue weighted by atomic mass is 10.1. The Morgan fingerprint density at radius 1 is 1.03 bits per heavy atom. The monoisotopic (exact) mass is 408 g/mol. The standard InChI is InChI=1S/C20H23F3N4O2/c21-20(22,23)15-3-1-14(2-4-15)13-26-7-5-16-17(6-8-26)24-19(25-18(16)28)27-9-11-29-12-10-27/h1-4H,5-13H2,(H,24,25,28). The first kappa shape index (κ1) is 19.9. The van der Waals surface area contributed by atoms with Crippen molar-refractivity contribution in [3.63, 3.8) is 0 Å². The molecule has 2 aromatic rings. The summed E-state index contributed by atoms with van der Waals surface area (Å²) in [6.07, 6.45) is -3.12. The number of aromatic nitrogens is 2. The molecule has 2 aliphatic heterocycles. The zero-order chi connectivity index (χ0) is 20.4. The smallest absolute Gasteiger partial charge is 0.378 e. The maximum Gasteiger partial charge on any atom is 0.416 e. The van der Waals surface area contributed by atoms with E-state index in [1.54, 1.807) is 0 Å². The van der Waals surface area contributed by atoms with Crippen molar-refractivity contribution in [2.45, 2.75) is 25.6 Å². The molecule has 9 heteroatoms. The van der Waals surface area contributed by atoms with Gasteiger partial charge in [-0.2, -0.15) is 13.2 Å². The van der Waals surface area contributed by atoms with Crippen LogP contribution in [0.4, 0.5) is 19.1 Å². The van der Waals surface area contributed by atoms with Crippen LogP contribution in [0.3, 0.4) is 0 Å². The zero-order valence-electron chi connectivity index (χ0n) is 16.0. The summed E-state index contributed by atoms with van der Waals surface area (Å²) in [4.78, 5) is 24.4. The van der Waals surface area contributed by atoms with Gasteiger partial charge in [-0.1, -0.05) is 12.1 Å². The molecule has 0 spiro atoms. The lowest BCUT2D eigenvalue weighted by molar-refractivity contribution is -0.137. The number of nitrogens with zero attached hydrogens (tertiary/aromatic N) is 3. The highest BCUT2D eigenvalue weighted by Gasteiger charge is 2.30. The van der Waals surface area contributed by atoms with Crippen molar-refractivity contribution in [1.29, 1.82) is 0 Å². The first-order valence-corrected chi connectivity index (χ1v) is 9.73. The lowest BCUT2D eigenvalue weighted by Crippen LogP contribution is -2.38. The van der Waals surface area contributed by atoms with Crippen molar-refractivity contribution in [3.05, 3.63) is 57.0 Å². The van der Waals surface area contributed by atoms with E-state index in [0.29, 0.717) is 70.3 Å². The number of hydrogen-bond donors (Lipinski definition) is 1. The molecule has 6 nitrogen and oxygen atoms in total. The van der Waals surface area contributed by atoms with Gasteiger partial charge in [-0.15, -0.1) is 0 Å². The fraction of sp³-hybridized carbons (Fsp3) is 0.500. The van der Waals surface area contributed by atoms with Gasteiger partial charge >= 0.3 is 6.18 Å². The van der Waals surface area contributed by atoms with Gasteiger partial charge in [-0.05, 0) is 24.1 Å². The molecule has 1 aromatic carbocycles. The van der Waals surface area contributed by atoms with Crippen molar-refractivity contribution in [1.82, 2.24) is 14.9 Å². The fourth-order valence-electron chi connectivity index (χ4n) is 3.78. The molecule has 2 aliphatic rings. The molecule has 29 heavy (non-hydrogen) atoms. The maximum atomic E-state index is 12.7. The Kier molecular flexibility index (Phi) is 5.60. The number of anilines is 1. The topological polar surface area (TPSA) is 61.5 Å². The van der Waals surface area contributed by atoms with Crippen LogP contribution in [0.2, 0.25) is 0 Å². The summed E-state index contributed by atoms with van der Waals surface area (Å²) in [7, 11) is 0. The summed E-state index contributed by atoms with van der Waals surface area (Å²) in [5.74, 6) is 0.591. The third-order valence-electron chi connectivity index (χ3n) is 5.43. The van der Waals surface area contributed by atoms with Crippen LogP contribution in [0.25, 0.3) is 0 Å². The summed E-state index contributed by atoms with van der Waals surface area (Å²) < 4.78 is 43.5. The Balaban J connectivity index is 1.45. The van der Waals surface area contributed by atoms with Gasteiger partial charge in [0.15, 0.2) is 0 Å². The minimum atomic E-state index is -4.33. The number of rotatable bonds is 3. The first-order chi connectivity index (χ1) is 13.9. The van der Waals surface area contributed by atoms with E-state index in [0.717, 1.165) is 23.4 Å². The average molecular weight is 408 g/mol. The molecule has 0 saturated carbocycles. The van der Waals surface area contributed by atoms with Gasteiger partial charge in [0.1, 0.15) is 0 Å². The average Bonchev–Trinajstić information content (AvgIpc) is 2.91. The molecular weight excluding hydrogens is 385 g/mol. The molecule has 3 heterocycles. The van der Waals surface area contributed by atoms with Gasteiger partial charge in [-0.25, -0.2) is 4.98 Å². The molecule has 0 atom stereocenters. The summed E-state index contributed by atoms with van der Waals surface area (Å²) in [5, 5.41) is 0. The summed E-state index contributed by atoms with van der Waals surface area (Å²) >= 11 is 0. The van der Waals surface area contributed by atoms with E-state index in [4.69, 9.17) is 9.72 Å². The van der Waals surface area contributed by atoms with E-state index < -0.39 is 11.7 Å². The van der Waals surface area contributed by atoms with Crippen molar-refractivity contribution >= 4 is 5.95 Å². The second-order valence-corrected chi connectivity index (χ2v) is 7.39. The number of hydrogen-bond acceptors (Lipinski definition) is 5. The van der Waals surface area contributed by atoms with Crippen molar-refractivity contribution in [2.24, 2.45) is 0 Å². The van der Waals surface area contributed by atoms with Crippen LogP contribution in [-0.4, -0.2) is 54.3 Å². The summed E-state index contributed by atoms with van der Waals surface area (Å²) in [5.41, 5.74) is 1.59. The number of morpholine rings is 1. The first-order valence-electron chi connectivity index (χ1n) is 9.73. The van der Waals surface area contributed by atoms with Gasteiger partial charge < -0.3 is 9.64 Å². The minimum Gasteiger partial charge on any atom is -0.378 e. The predicted molar refractivity (Wildman–Crippen MR) is 102 cm³/mol. The van der Waals surface area contributed by atoms with Gasteiger partial charge in [0.25, 0.3) is 5.56 Å². The van der Waals surface area contributed by atoms with E-state index in [1.165, 1.54) is 12.1 Å². The SMILES string of the molecule is O=c1[nH]c(N2CCOCC2)nc2c1CCN(Cc1ccc(C(F)(F)F)cc1)CC2. The van der Waals surface area contributed by atoms with Crippen molar-refractivity contribution in [2.75, 3.05) is 44.3 Å². The number of H-pyrrole nitrogens is 1. The maximum absolute atomic E-state index is 12.7. The van der Waals surface area contributed by atoms with E-state index in [-0.39, 0.29) is 5.56 Å². The third kappa shape index (κ3) is 4.62. The van der Waals surface area contributed by atoms with Crippen LogP contribution >= 0.6 is 0 Å². The van der Waals surface area contributed by atoms with Gasteiger partial charge in [0.05, 0.1) is 24.5 Å². The van der Waals surface area contributed by atoms with E-state index in [9.17, 15) is 18.0 Å².